The fourth-order valence-electron chi connectivity index (χ4n) is 7.86. The van der Waals surface area contributed by atoms with Gasteiger partial charge in [-0.2, -0.15) is 0 Å². The molecular weight excluding hydrogens is 742 g/mol. The topological polar surface area (TPSA) is 0 Å². The van der Waals surface area contributed by atoms with Crippen molar-refractivity contribution in [3.63, 3.8) is 0 Å². The van der Waals surface area contributed by atoms with Crippen LogP contribution in [-0.2, 0) is 21.0 Å². The summed E-state index contributed by atoms with van der Waals surface area (Å²) in [7, 11) is 0. The maximum atomic E-state index is 5.23. The van der Waals surface area contributed by atoms with E-state index in [1.54, 1.807) is 0 Å². The molecule has 0 saturated carbocycles. The number of hydrogen-bond acceptors (Lipinski definition) is 0. The Morgan fingerprint density at radius 3 is 1.23 bits per heavy atom. The molecule has 0 aromatic heterocycles. The van der Waals surface area contributed by atoms with Crippen molar-refractivity contribution in [1.82, 2.24) is 0 Å². The first-order chi connectivity index (χ1) is 20.6. The van der Waals surface area contributed by atoms with Crippen LogP contribution in [0.2, 0.25) is 0 Å². The van der Waals surface area contributed by atoms with Crippen molar-refractivity contribution in [3.05, 3.63) is 178 Å². The molecular formula is C41H32Cl2Hf. The first kappa shape index (κ1) is 30.7. The van der Waals surface area contributed by atoms with Gasteiger partial charge in [0.2, 0.25) is 0 Å². The van der Waals surface area contributed by atoms with Crippen molar-refractivity contribution in [2.75, 3.05) is 0 Å². The summed E-state index contributed by atoms with van der Waals surface area (Å²) in [6.07, 6.45) is 0. The second kappa shape index (κ2) is 12.2. The molecule has 0 saturated heterocycles. The van der Waals surface area contributed by atoms with E-state index in [4.69, 9.17) is 4.26 Å². The number of hydrogen-bond donors (Lipinski definition) is 0. The van der Waals surface area contributed by atoms with Gasteiger partial charge in [0, 0.05) is 0 Å². The van der Waals surface area contributed by atoms with Gasteiger partial charge in [-0.3, -0.25) is 0 Å². The van der Waals surface area contributed by atoms with E-state index in [9.17, 15) is 0 Å². The van der Waals surface area contributed by atoms with E-state index in [-0.39, 0.29) is 24.8 Å². The van der Waals surface area contributed by atoms with Gasteiger partial charge in [0.15, 0.2) is 0 Å². The molecule has 2 aliphatic carbocycles. The van der Waals surface area contributed by atoms with Crippen LogP contribution in [0.25, 0.3) is 32.7 Å². The van der Waals surface area contributed by atoms with E-state index in [1.165, 1.54) is 77.2 Å². The molecule has 214 valence electrons. The van der Waals surface area contributed by atoms with Crippen LogP contribution in [0.15, 0.2) is 145 Å². The number of halogens is 2. The summed E-state index contributed by atoms with van der Waals surface area (Å²) in [6.45, 7) is 4.81. The minimum atomic E-state index is -2.70. The van der Waals surface area contributed by atoms with Gasteiger partial charge in [-0.25, -0.2) is 0 Å². The Balaban J connectivity index is 0.00000171. The molecule has 2 atom stereocenters. The standard InChI is InChI=1S/2C20H15.CH2.2ClH.Hf/c2*1-14-13-16-8-3-5-11-18(16)20(14)19-12-6-9-15-7-2-4-10-17(15)19;;;;/h2*2-13H,1H3;1H2;2*1H;/q;;;;;+2/p-2. The number of benzene rings is 6. The molecule has 6 aromatic carbocycles. The molecule has 0 heterocycles. The third-order valence-electron chi connectivity index (χ3n) is 9.60. The SMILES string of the molecule is [CH2]=[Hf+2]([CH]1C(C)=C(c2cccc3ccccc23)c2ccccc21)[CH]1C(C)=C(c2cccc3ccccc23)c2ccccc21.[Cl-].[Cl-]. The molecule has 6 aromatic rings. The zero-order chi connectivity index (χ0) is 28.4. The van der Waals surface area contributed by atoms with Gasteiger partial charge >= 0.3 is 257 Å². The molecule has 2 aliphatic rings. The predicted octanol–water partition coefficient (Wildman–Crippen LogP) is 4.50. The van der Waals surface area contributed by atoms with Crippen LogP contribution in [0.5, 0.6) is 0 Å². The molecule has 44 heavy (non-hydrogen) atoms. The van der Waals surface area contributed by atoms with Crippen LogP contribution < -0.4 is 24.8 Å². The van der Waals surface area contributed by atoms with Crippen molar-refractivity contribution in [3.8, 4) is 0 Å². The quantitative estimate of drug-likeness (QED) is 0.232. The first-order valence-electron chi connectivity index (χ1n) is 14.9. The zero-order valence-corrected chi connectivity index (χ0v) is 29.9. The Morgan fingerprint density at radius 2 is 0.773 bits per heavy atom. The Kier molecular flexibility index (Phi) is 8.50. The second-order valence-corrected chi connectivity index (χ2v) is 20.1. The molecule has 3 heteroatoms. The van der Waals surface area contributed by atoms with E-state index in [2.05, 4.69) is 147 Å². The fraction of sp³-hybridized carbons (Fsp3) is 0.0976. The van der Waals surface area contributed by atoms with Crippen molar-refractivity contribution >= 4 is 37.0 Å². The molecule has 0 radical (unpaired) electrons. The van der Waals surface area contributed by atoms with E-state index < -0.39 is 21.0 Å². The second-order valence-electron chi connectivity index (χ2n) is 11.8. The molecule has 8 rings (SSSR count). The van der Waals surface area contributed by atoms with Crippen molar-refractivity contribution in [2.45, 2.75) is 21.2 Å². The Bertz CT molecular complexity index is 1990. The smallest absolute Gasteiger partial charge is 1.00 e. The summed E-state index contributed by atoms with van der Waals surface area (Å²) in [5.41, 5.74) is 14.4. The Morgan fingerprint density at radius 1 is 0.432 bits per heavy atom. The van der Waals surface area contributed by atoms with Gasteiger partial charge < -0.3 is 24.8 Å². The minimum absolute atomic E-state index is 0. The predicted molar refractivity (Wildman–Crippen MR) is 177 cm³/mol. The van der Waals surface area contributed by atoms with Crippen molar-refractivity contribution in [2.24, 2.45) is 0 Å². The summed E-state index contributed by atoms with van der Waals surface area (Å²) in [6, 6.07) is 49.6. The molecule has 0 amide bonds. The Hall–Kier alpha value is -3.36. The van der Waals surface area contributed by atoms with E-state index in [1.807, 2.05) is 0 Å². The number of rotatable bonds is 4. The summed E-state index contributed by atoms with van der Waals surface area (Å²) < 4.78 is 6.12. The summed E-state index contributed by atoms with van der Waals surface area (Å²) in [5, 5.41) is 5.27. The van der Waals surface area contributed by atoms with Gasteiger partial charge in [-0.1, -0.05) is 0 Å². The van der Waals surface area contributed by atoms with E-state index >= 15 is 0 Å². The van der Waals surface area contributed by atoms with Crippen LogP contribution in [0.4, 0.5) is 0 Å². The van der Waals surface area contributed by atoms with Crippen LogP contribution in [0, 0.1) is 0 Å². The van der Waals surface area contributed by atoms with Gasteiger partial charge in [0.25, 0.3) is 0 Å². The summed E-state index contributed by atoms with van der Waals surface area (Å²) in [4.78, 5) is 0. The van der Waals surface area contributed by atoms with E-state index in [0.29, 0.717) is 7.35 Å². The summed E-state index contributed by atoms with van der Waals surface area (Å²) >= 11 is -2.70. The third kappa shape index (κ3) is 4.64. The average molecular weight is 774 g/mol. The average Bonchev–Trinajstić information content (AvgIpc) is 3.50. The number of allylic oxidation sites excluding steroid dienone is 2. The van der Waals surface area contributed by atoms with Gasteiger partial charge in [0.1, 0.15) is 0 Å². The van der Waals surface area contributed by atoms with Gasteiger partial charge in [-0.15, -0.1) is 0 Å². The molecule has 0 aliphatic heterocycles. The maximum absolute atomic E-state index is 5.23. The normalized spacial score (nSPS) is 16.7. The van der Waals surface area contributed by atoms with Crippen LogP contribution in [-0.4, -0.2) is 4.26 Å². The van der Waals surface area contributed by atoms with Crippen LogP contribution in [0.1, 0.15) is 54.6 Å². The van der Waals surface area contributed by atoms with Crippen molar-refractivity contribution in [1.29, 1.82) is 0 Å². The summed E-state index contributed by atoms with van der Waals surface area (Å²) in [5.74, 6) is 0. The molecule has 0 fully saturated rings. The molecule has 2 unspecified atom stereocenters. The Labute approximate surface area is 280 Å². The largest absolute Gasteiger partial charge is 1.00 e. The third-order valence-corrected chi connectivity index (χ3v) is 20.3. The van der Waals surface area contributed by atoms with Crippen LogP contribution >= 0.6 is 0 Å². The fourth-order valence-corrected chi connectivity index (χ4v) is 18.8. The monoisotopic (exact) mass is 774 g/mol. The molecule has 0 bridgehead atoms. The first-order valence-corrected chi connectivity index (χ1v) is 21.6. The van der Waals surface area contributed by atoms with E-state index in [0.717, 1.165) is 0 Å². The molecule has 0 spiro atoms. The van der Waals surface area contributed by atoms with Gasteiger partial charge in [-0.05, 0) is 0 Å². The molecule has 0 nitrogen and oxygen atoms in total. The zero-order valence-electron chi connectivity index (χ0n) is 24.8. The minimum Gasteiger partial charge on any atom is -1.00 e. The number of fused-ring (bicyclic) bond motifs is 4. The van der Waals surface area contributed by atoms with Crippen LogP contribution in [0.3, 0.4) is 0 Å². The maximum Gasteiger partial charge on any atom is -1.00 e. The molecule has 0 N–H and O–H groups in total. The van der Waals surface area contributed by atoms with Crippen molar-refractivity contribution < 1.29 is 45.8 Å². The van der Waals surface area contributed by atoms with Gasteiger partial charge in [0.05, 0.1) is 0 Å².